The zero-order valence-electron chi connectivity index (χ0n) is 7.19. The summed E-state index contributed by atoms with van der Waals surface area (Å²) < 4.78 is 29.6. The Morgan fingerprint density at radius 2 is 2.08 bits per heavy atom. The molecule has 0 aromatic carbocycles. The first-order valence-electron chi connectivity index (χ1n) is 4.31. The third kappa shape index (κ3) is 4.26. The molecule has 2 aliphatic rings. The van der Waals surface area contributed by atoms with Gasteiger partial charge < -0.3 is 0 Å². The van der Waals surface area contributed by atoms with Gasteiger partial charge in [0.15, 0.2) is 0 Å². The van der Waals surface area contributed by atoms with E-state index >= 15 is 0 Å². The monoisotopic (exact) mass is 266 g/mol. The van der Waals surface area contributed by atoms with E-state index in [1.165, 1.54) is 25.7 Å². The van der Waals surface area contributed by atoms with Crippen LogP contribution in [0.5, 0.6) is 0 Å². The summed E-state index contributed by atoms with van der Waals surface area (Å²) in [6.07, 6.45) is 13.0. The molecule has 0 aromatic rings. The van der Waals surface area contributed by atoms with Gasteiger partial charge in [-0.25, -0.2) is 12.2 Å². The van der Waals surface area contributed by atoms with Crippen molar-refractivity contribution in [2.45, 2.75) is 25.7 Å². The van der Waals surface area contributed by atoms with Crippen molar-refractivity contribution < 1.29 is 31.5 Å². The Bertz CT molecular complexity index is 208. The molecule has 2 rings (SSSR count). The van der Waals surface area contributed by atoms with Crippen molar-refractivity contribution in [3.8, 4) is 0 Å². The van der Waals surface area contributed by atoms with E-state index in [-0.39, 0.29) is 0 Å². The van der Waals surface area contributed by atoms with E-state index in [1.807, 2.05) is 0 Å². The molecule has 1 saturated carbocycles. The first-order valence-corrected chi connectivity index (χ1v) is 7.09. The molecule has 73 valence electrons. The Morgan fingerprint density at radius 1 is 1.38 bits per heavy atom. The number of hydrogen-bond donors (Lipinski definition) is 0. The van der Waals surface area contributed by atoms with E-state index in [4.69, 9.17) is 0 Å². The molecule has 0 amide bonds. The van der Waals surface area contributed by atoms with Crippen LogP contribution in [-0.4, -0.2) is 0 Å². The SMILES string of the molecule is [C-]1=C2CCCC2CC=C1.[F][Zr]([F])[F]. The average Bonchev–Trinajstić information content (AvgIpc) is 2.49. The van der Waals surface area contributed by atoms with Gasteiger partial charge in [0.1, 0.15) is 0 Å². The summed E-state index contributed by atoms with van der Waals surface area (Å²) in [7, 11) is 0. The van der Waals surface area contributed by atoms with E-state index < -0.39 is 23.6 Å². The van der Waals surface area contributed by atoms with Gasteiger partial charge in [-0.1, -0.05) is 12.8 Å². The van der Waals surface area contributed by atoms with Crippen LogP contribution in [0.1, 0.15) is 25.7 Å². The molecular weight excluding hydrogens is 256 g/mol. The van der Waals surface area contributed by atoms with Gasteiger partial charge in [0.25, 0.3) is 0 Å². The molecule has 1 atom stereocenters. The van der Waals surface area contributed by atoms with Gasteiger partial charge in [-0.3, -0.25) is 6.08 Å². The van der Waals surface area contributed by atoms with Crippen LogP contribution >= 0.6 is 0 Å². The molecule has 2 aliphatic carbocycles. The molecular formula is C9H11F3Zr-. The van der Waals surface area contributed by atoms with Gasteiger partial charge in [-0.05, 0) is 18.8 Å². The Balaban J connectivity index is 0.000000184. The Hall–Kier alpha value is 0.153. The summed E-state index contributed by atoms with van der Waals surface area (Å²) in [6.45, 7) is 0. The Morgan fingerprint density at radius 3 is 2.69 bits per heavy atom. The first kappa shape index (κ1) is 11.2. The van der Waals surface area contributed by atoms with Crippen LogP contribution in [0.4, 0.5) is 7.88 Å². The zero-order valence-corrected chi connectivity index (χ0v) is 9.65. The number of hydrogen-bond acceptors (Lipinski definition) is 0. The fourth-order valence-corrected chi connectivity index (χ4v) is 1.77. The van der Waals surface area contributed by atoms with E-state index in [2.05, 4.69) is 18.2 Å². The van der Waals surface area contributed by atoms with E-state index in [1.54, 1.807) is 5.57 Å². The summed E-state index contributed by atoms with van der Waals surface area (Å²) in [5.74, 6) is 0.884. The quantitative estimate of drug-likeness (QED) is 0.587. The number of rotatable bonds is 0. The summed E-state index contributed by atoms with van der Waals surface area (Å²) >= 11 is -5.04. The van der Waals surface area contributed by atoms with E-state index in [0.717, 1.165) is 5.92 Å². The normalized spacial score (nSPS) is 24.2. The Labute approximate surface area is 86.8 Å². The fourth-order valence-electron chi connectivity index (χ4n) is 1.77. The van der Waals surface area contributed by atoms with Gasteiger partial charge in [0.2, 0.25) is 0 Å². The van der Waals surface area contributed by atoms with Crippen molar-refractivity contribution in [1.29, 1.82) is 0 Å². The summed E-state index contributed by atoms with van der Waals surface area (Å²) in [5.41, 5.74) is 1.58. The number of halogens is 3. The van der Waals surface area contributed by atoms with Crippen LogP contribution in [0.3, 0.4) is 0 Å². The van der Waals surface area contributed by atoms with E-state index in [9.17, 15) is 7.88 Å². The number of allylic oxidation sites excluding steroid dienone is 4. The van der Waals surface area contributed by atoms with Crippen LogP contribution in [0, 0.1) is 12.0 Å². The summed E-state index contributed by atoms with van der Waals surface area (Å²) in [4.78, 5) is 0. The molecule has 0 aliphatic heterocycles. The molecule has 0 radical (unpaired) electrons. The molecule has 0 heterocycles. The van der Waals surface area contributed by atoms with Crippen molar-refractivity contribution in [3.63, 3.8) is 0 Å². The van der Waals surface area contributed by atoms with Crippen LogP contribution in [0.15, 0.2) is 17.7 Å². The standard InChI is InChI=1S/C9H11.3FH.Zr/c1-2-5-9-7-3-6-8(9)4-1;;;;/h1-2,8H,3-4,6-7H2;3*1H;/q-1;;;;+3/p-3. The molecule has 1 unspecified atom stereocenters. The van der Waals surface area contributed by atoms with Gasteiger partial charge in [0.05, 0.1) is 0 Å². The van der Waals surface area contributed by atoms with Gasteiger partial charge in [0, 0.05) is 0 Å². The van der Waals surface area contributed by atoms with Gasteiger partial charge in [-0.15, -0.1) is 0 Å². The molecule has 4 heteroatoms. The second-order valence-electron chi connectivity index (χ2n) is 3.11. The average molecular weight is 267 g/mol. The van der Waals surface area contributed by atoms with Crippen molar-refractivity contribution in [3.05, 3.63) is 23.8 Å². The van der Waals surface area contributed by atoms with Crippen molar-refractivity contribution in [2.24, 2.45) is 5.92 Å². The topological polar surface area (TPSA) is 0 Å². The number of fused-ring (bicyclic) bond motifs is 1. The second-order valence-corrected chi connectivity index (χ2v) is 4.16. The summed E-state index contributed by atoms with van der Waals surface area (Å²) in [6, 6.07) is 0. The van der Waals surface area contributed by atoms with Crippen LogP contribution in [0.2, 0.25) is 0 Å². The van der Waals surface area contributed by atoms with Crippen molar-refractivity contribution >= 4 is 0 Å². The van der Waals surface area contributed by atoms with Crippen LogP contribution < -0.4 is 0 Å². The molecule has 0 nitrogen and oxygen atoms in total. The molecule has 0 bridgehead atoms. The third-order valence-corrected chi connectivity index (χ3v) is 2.30. The molecule has 0 aromatic heterocycles. The van der Waals surface area contributed by atoms with Crippen LogP contribution in [-0.2, 0) is 23.6 Å². The van der Waals surface area contributed by atoms with Crippen LogP contribution in [0.25, 0.3) is 0 Å². The molecule has 0 spiro atoms. The Kier molecular flexibility index (Phi) is 5.00. The predicted octanol–water partition coefficient (Wildman–Crippen LogP) is 3.73. The third-order valence-electron chi connectivity index (χ3n) is 2.30. The minimum atomic E-state index is -5.04. The summed E-state index contributed by atoms with van der Waals surface area (Å²) in [5, 5.41) is 0. The second kappa shape index (κ2) is 5.79. The van der Waals surface area contributed by atoms with Gasteiger partial charge >= 0.3 is 31.5 Å². The van der Waals surface area contributed by atoms with Gasteiger partial charge in [-0.2, -0.15) is 5.57 Å². The maximum absolute atomic E-state index is 9.86. The molecule has 1 fully saturated rings. The van der Waals surface area contributed by atoms with Crippen molar-refractivity contribution in [1.82, 2.24) is 0 Å². The first-order chi connectivity index (χ1) is 6.20. The van der Waals surface area contributed by atoms with E-state index in [0.29, 0.717) is 0 Å². The molecule has 0 N–H and O–H groups in total. The zero-order chi connectivity index (χ0) is 9.68. The minimum absolute atomic E-state index is 0.884. The predicted molar refractivity (Wildman–Crippen MR) is 41.2 cm³/mol. The fraction of sp³-hybridized carbons (Fsp3) is 0.556. The maximum atomic E-state index is 9.86. The van der Waals surface area contributed by atoms with Crippen molar-refractivity contribution in [2.75, 3.05) is 0 Å². The molecule has 13 heavy (non-hydrogen) atoms. The molecule has 0 saturated heterocycles.